The lowest BCUT2D eigenvalue weighted by Gasteiger charge is -2.33. The predicted molar refractivity (Wildman–Crippen MR) is 183 cm³/mol. The van der Waals surface area contributed by atoms with Gasteiger partial charge < -0.3 is 42.1 Å². The third-order valence-electron chi connectivity index (χ3n) is 9.16. The molecular formula is C33H51N11O4. The van der Waals surface area contributed by atoms with Gasteiger partial charge in [0.25, 0.3) is 0 Å². The molecule has 0 radical (unpaired) electrons. The van der Waals surface area contributed by atoms with Crippen molar-refractivity contribution in [2.24, 2.45) is 5.73 Å². The van der Waals surface area contributed by atoms with Gasteiger partial charge in [0.1, 0.15) is 17.6 Å². The number of hydrogen-bond acceptors (Lipinski definition) is 12. The predicted octanol–water partition coefficient (Wildman–Crippen LogP) is 1.69. The summed E-state index contributed by atoms with van der Waals surface area (Å²) in [5.74, 6) is 0.0543. The number of aryl methyl sites for hydroxylation is 1. The number of carboxylic acids is 1. The molecule has 15 heteroatoms. The van der Waals surface area contributed by atoms with Crippen LogP contribution in [-0.2, 0) is 22.7 Å². The van der Waals surface area contributed by atoms with Crippen LogP contribution < -0.4 is 27.0 Å². The third kappa shape index (κ3) is 10.8. The number of fused-ring (bicyclic) bond motifs is 1. The summed E-state index contributed by atoms with van der Waals surface area (Å²) in [4.78, 5) is 34.8. The number of piperidine rings is 1. The van der Waals surface area contributed by atoms with Crippen LogP contribution in [0, 0.1) is 0 Å². The number of aliphatic hydroxyl groups excluding tert-OH is 1. The maximum atomic E-state index is 12.6. The van der Waals surface area contributed by atoms with E-state index in [1.807, 2.05) is 35.1 Å². The van der Waals surface area contributed by atoms with Gasteiger partial charge >= 0.3 is 5.97 Å². The second-order valence-corrected chi connectivity index (χ2v) is 13.0. The number of nitrogens with zero attached hydrogens (tertiary/aromatic N) is 6. The van der Waals surface area contributed by atoms with Crippen LogP contribution in [0.15, 0.2) is 30.5 Å². The fourth-order valence-electron chi connectivity index (χ4n) is 6.31. The maximum Gasteiger partial charge on any atom is 0.320 e. The van der Waals surface area contributed by atoms with E-state index in [9.17, 15) is 14.7 Å². The molecule has 3 aromatic rings. The van der Waals surface area contributed by atoms with E-state index in [1.54, 1.807) is 4.90 Å². The Balaban J connectivity index is 1.04. The van der Waals surface area contributed by atoms with Crippen molar-refractivity contribution in [3.63, 3.8) is 0 Å². The summed E-state index contributed by atoms with van der Waals surface area (Å²) >= 11 is 0. The molecule has 1 amide bonds. The Morgan fingerprint density at radius 2 is 1.81 bits per heavy atom. The molecule has 1 aliphatic heterocycles. The van der Waals surface area contributed by atoms with Gasteiger partial charge in [0, 0.05) is 56.6 Å². The molecule has 15 nitrogen and oxygen atoms in total. The highest BCUT2D eigenvalue weighted by Crippen LogP contribution is 2.25. The average Bonchev–Trinajstić information content (AvgIpc) is 3.57. The van der Waals surface area contributed by atoms with Gasteiger partial charge in [-0.3, -0.25) is 14.3 Å². The number of aliphatic hydroxyl groups is 1. The molecule has 2 atom stereocenters. The van der Waals surface area contributed by atoms with Gasteiger partial charge in [-0.15, -0.1) is 5.10 Å². The molecule has 1 aromatic carbocycles. The minimum atomic E-state index is -1.09. The van der Waals surface area contributed by atoms with Gasteiger partial charge in [0.05, 0.1) is 24.4 Å². The molecule has 3 heterocycles. The number of amides is 1. The molecule has 2 fully saturated rings. The maximum absolute atomic E-state index is 12.6. The summed E-state index contributed by atoms with van der Waals surface area (Å²) in [5.41, 5.74) is 7.15. The Bertz CT molecular complexity index is 1460. The van der Waals surface area contributed by atoms with Crippen molar-refractivity contribution >= 4 is 34.5 Å². The Morgan fingerprint density at radius 3 is 2.60 bits per heavy atom. The number of nitrogens with two attached hydrogens (primary N) is 1. The smallest absolute Gasteiger partial charge is 0.320 e. The molecule has 0 spiro atoms. The Hall–Kier alpha value is -3.92. The van der Waals surface area contributed by atoms with Gasteiger partial charge in [-0.2, -0.15) is 4.98 Å². The highest BCUT2D eigenvalue weighted by Gasteiger charge is 2.25. The van der Waals surface area contributed by atoms with E-state index in [-0.39, 0.29) is 24.8 Å². The molecule has 262 valence electrons. The highest BCUT2D eigenvalue weighted by atomic mass is 16.4. The molecule has 1 aliphatic carbocycles. The van der Waals surface area contributed by atoms with Gasteiger partial charge in [0.2, 0.25) is 11.9 Å². The second-order valence-electron chi connectivity index (χ2n) is 13.0. The quantitative estimate of drug-likeness (QED) is 0.0967. The Labute approximate surface area is 281 Å². The van der Waals surface area contributed by atoms with Crippen LogP contribution in [0.2, 0.25) is 0 Å². The Kier molecular flexibility index (Phi) is 13.3. The molecule has 1 saturated heterocycles. The van der Waals surface area contributed by atoms with Crippen molar-refractivity contribution in [3.8, 4) is 0 Å². The lowest BCUT2D eigenvalue weighted by atomic mass is 9.95. The minimum Gasteiger partial charge on any atom is -0.480 e. The van der Waals surface area contributed by atoms with Gasteiger partial charge in [-0.05, 0) is 57.2 Å². The summed E-state index contributed by atoms with van der Waals surface area (Å²) in [6, 6.07) is 7.49. The van der Waals surface area contributed by atoms with E-state index in [0.29, 0.717) is 44.7 Å². The molecular weight excluding hydrogens is 614 g/mol. The number of carbonyl (C=O) groups excluding carboxylic acids is 1. The fraction of sp³-hybridized carbons (Fsp3) is 0.636. The molecule has 1 saturated carbocycles. The number of hydrogen-bond donors (Lipinski definition) is 7. The number of aromatic nitrogens is 5. The molecule has 8 N–H and O–H groups in total. The normalized spacial score (nSPS) is 17.3. The summed E-state index contributed by atoms with van der Waals surface area (Å²) < 4.78 is 1.83. The van der Waals surface area contributed by atoms with Crippen molar-refractivity contribution in [2.45, 2.75) is 102 Å². The zero-order chi connectivity index (χ0) is 33.7. The van der Waals surface area contributed by atoms with Crippen LogP contribution in [0.4, 0.5) is 11.8 Å². The number of anilines is 2. The third-order valence-corrected chi connectivity index (χ3v) is 9.16. The van der Waals surface area contributed by atoms with E-state index in [4.69, 9.17) is 20.8 Å². The molecule has 2 aromatic heterocycles. The van der Waals surface area contributed by atoms with Crippen molar-refractivity contribution in [3.05, 3.63) is 36.2 Å². The number of aliphatic carboxylic acids is 1. The second kappa shape index (κ2) is 18.0. The molecule has 5 rings (SSSR count). The van der Waals surface area contributed by atoms with Crippen molar-refractivity contribution in [1.82, 2.24) is 40.5 Å². The first-order chi connectivity index (χ1) is 23.3. The van der Waals surface area contributed by atoms with Crippen LogP contribution in [0.3, 0.4) is 0 Å². The monoisotopic (exact) mass is 665 g/mol. The first-order valence-electron chi connectivity index (χ1n) is 17.4. The first-order valence-corrected chi connectivity index (χ1v) is 17.4. The van der Waals surface area contributed by atoms with E-state index in [0.717, 1.165) is 54.8 Å². The topological polar surface area (TPSA) is 208 Å². The van der Waals surface area contributed by atoms with Crippen molar-refractivity contribution in [1.29, 1.82) is 0 Å². The van der Waals surface area contributed by atoms with Crippen molar-refractivity contribution in [2.75, 3.05) is 43.4 Å². The standard InChI is InChI=1S/C33H51N11O4/c34-28(32(47)48)11-12-30(46)43-17-13-24(14-18-43)38-31-27-9-4-5-10-29(27)39-33(40-31)37-19-25-22-44(42-41-25)16-6-15-35-20-26(45)21-36-23-7-2-1-3-8-23/h4-5,9-10,22-24,26,28,35-36,45H,1-3,6-8,11-21,34H2,(H,47,48)(H2,37,38,39,40)/t26?,28-/m0/s1. The number of rotatable bonds is 18. The zero-order valence-corrected chi connectivity index (χ0v) is 27.7. The van der Waals surface area contributed by atoms with E-state index >= 15 is 0 Å². The number of nitrogens with one attached hydrogen (secondary N) is 4. The zero-order valence-electron chi connectivity index (χ0n) is 27.7. The molecule has 48 heavy (non-hydrogen) atoms. The fourth-order valence-corrected chi connectivity index (χ4v) is 6.31. The van der Waals surface area contributed by atoms with Gasteiger partial charge in [0.15, 0.2) is 0 Å². The van der Waals surface area contributed by atoms with Crippen LogP contribution in [-0.4, -0.2) is 109 Å². The van der Waals surface area contributed by atoms with Crippen LogP contribution >= 0.6 is 0 Å². The highest BCUT2D eigenvalue weighted by molar-refractivity contribution is 5.90. The number of benzene rings is 1. The van der Waals surface area contributed by atoms with Crippen LogP contribution in [0.25, 0.3) is 10.9 Å². The van der Waals surface area contributed by atoms with Gasteiger partial charge in [-0.25, -0.2) is 4.98 Å². The van der Waals surface area contributed by atoms with Crippen LogP contribution in [0.5, 0.6) is 0 Å². The molecule has 0 bridgehead atoms. The summed E-state index contributed by atoms with van der Waals surface area (Å²) in [5, 5.41) is 42.4. The largest absolute Gasteiger partial charge is 0.480 e. The molecule has 2 aliphatic rings. The summed E-state index contributed by atoms with van der Waals surface area (Å²) in [6.07, 6.45) is 10.5. The summed E-state index contributed by atoms with van der Waals surface area (Å²) in [6.45, 7) is 4.29. The number of carboxylic acid groups (broad SMARTS) is 1. The van der Waals surface area contributed by atoms with Crippen LogP contribution in [0.1, 0.15) is 69.9 Å². The lowest BCUT2D eigenvalue weighted by molar-refractivity contribution is -0.139. The first kappa shape index (κ1) is 35.4. The van der Waals surface area contributed by atoms with Crippen molar-refractivity contribution < 1.29 is 19.8 Å². The van der Waals surface area contributed by atoms with E-state index in [2.05, 4.69) is 31.6 Å². The Morgan fingerprint density at radius 1 is 1.02 bits per heavy atom. The minimum absolute atomic E-state index is 0.0643. The average molecular weight is 666 g/mol. The van der Waals surface area contributed by atoms with E-state index < -0.39 is 18.1 Å². The number of carbonyl (C=O) groups is 2. The molecule has 1 unspecified atom stereocenters. The van der Waals surface area contributed by atoms with Gasteiger partial charge in [-0.1, -0.05) is 36.6 Å². The lowest BCUT2D eigenvalue weighted by Crippen LogP contribution is -2.43. The summed E-state index contributed by atoms with van der Waals surface area (Å²) in [7, 11) is 0. The number of likely N-dealkylation sites (tertiary alicyclic amines) is 1. The van der Waals surface area contributed by atoms with E-state index in [1.165, 1.54) is 32.1 Å². The number of para-hydroxylation sites is 1. The SMILES string of the molecule is N[C@@H](CCC(=O)N1CCC(Nc2nc(NCc3cn(CCCNCC(O)CNC4CCCCC4)nn3)nc3ccccc23)CC1)C(=O)O.